The molecule has 31 heavy (non-hydrogen) atoms. The van der Waals surface area contributed by atoms with Gasteiger partial charge in [0.15, 0.2) is 11.5 Å². The van der Waals surface area contributed by atoms with Crippen LogP contribution in [0, 0.1) is 6.92 Å². The minimum Gasteiger partial charge on any atom is -0.486 e. The van der Waals surface area contributed by atoms with Crippen molar-refractivity contribution in [3.63, 3.8) is 0 Å². The monoisotopic (exact) mass is 449 g/mol. The summed E-state index contributed by atoms with van der Waals surface area (Å²) < 4.78 is 11.1. The predicted octanol–water partition coefficient (Wildman–Crippen LogP) is 5.17. The Bertz CT molecular complexity index is 1250. The zero-order valence-corrected chi connectivity index (χ0v) is 18.4. The number of fused-ring (bicyclic) bond motifs is 2. The number of nitrogens with zero attached hydrogens (tertiary/aromatic N) is 2. The van der Waals surface area contributed by atoms with E-state index in [-0.39, 0.29) is 11.7 Å². The second kappa shape index (κ2) is 8.56. The highest BCUT2D eigenvalue weighted by molar-refractivity contribution is 8.00. The van der Waals surface area contributed by atoms with Crippen LogP contribution in [0.2, 0.25) is 0 Å². The zero-order valence-electron chi connectivity index (χ0n) is 16.8. The Morgan fingerprint density at radius 2 is 1.90 bits per heavy atom. The Morgan fingerprint density at radius 3 is 2.74 bits per heavy atom. The fourth-order valence-corrected chi connectivity index (χ4v) is 5.15. The normalized spacial score (nSPS) is 12.7. The summed E-state index contributed by atoms with van der Waals surface area (Å²) in [4.78, 5) is 22.4. The lowest BCUT2D eigenvalue weighted by molar-refractivity contribution is -0.113. The Kier molecular flexibility index (Phi) is 5.48. The van der Waals surface area contributed by atoms with E-state index >= 15 is 0 Å². The van der Waals surface area contributed by atoms with Gasteiger partial charge in [-0.1, -0.05) is 41.6 Å². The predicted molar refractivity (Wildman–Crippen MR) is 124 cm³/mol. The Morgan fingerprint density at radius 1 is 1.10 bits per heavy atom. The number of ether oxygens (including phenoxy) is 2. The molecule has 0 saturated carbocycles. The van der Waals surface area contributed by atoms with E-state index in [1.165, 1.54) is 17.3 Å². The van der Waals surface area contributed by atoms with Crippen LogP contribution >= 0.6 is 23.1 Å². The van der Waals surface area contributed by atoms with Crippen LogP contribution < -0.4 is 14.8 Å². The molecule has 3 heterocycles. The van der Waals surface area contributed by atoms with Crippen LogP contribution in [-0.4, -0.2) is 34.8 Å². The lowest BCUT2D eigenvalue weighted by atomic mass is 10.1. The van der Waals surface area contributed by atoms with Gasteiger partial charge in [-0.25, -0.2) is 9.97 Å². The number of hydrogen-bond acceptors (Lipinski definition) is 7. The molecule has 6 nitrogen and oxygen atoms in total. The van der Waals surface area contributed by atoms with E-state index in [1.807, 2.05) is 12.1 Å². The summed E-state index contributed by atoms with van der Waals surface area (Å²) in [6.07, 6.45) is 1.55. The maximum atomic E-state index is 12.6. The van der Waals surface area contributed by atoms with Gasteiger partial charge in [0.2, 0.25) is 5.91 Å². The number of rotatable bonds is 5. The molecule has 0 fully saturated rings. The number of hydrogen-bond donors (Lipinski definition) is 1. The molecule has 1 aliphatic rings. The standard InChI is InChI=1S/C23H19N3O3S2/c1-14-2-4-15(5-3-14)17-11-30-22-21(17)23(25-13-24-22)31-12-20(27)26-16-6-7-18-19(10-16)29-9-8-28-18/h2-7,10-11,13H,8-9,12H2,1H3,(H,26,27). The SMILES string of the molecule is Cc1ccc(-c2csc3ncnc(SCC(=O)Nc4ccc5c(c4)OCCO5)c23)cc1. The zero-order chi connectivity index (χ0) is 21.2. The fourth-order valence-electron chi connectivity index (χ4n) is 3.35. The maximum absolute atomic E-state index is 12.6. The average Bonchev–Trinajstić information content (AvgIpc) is 3.23. The summed E-state index contributed by atoms with van der Waals surface area (Å²) >= 11 is 3.00. The molecular formula is C23H19N3O3S2. The van der Waals surface area contributed by atoms with E-state index in [4.69, 9.17) is 9.47 Å². The van der Waals surface area contributed by atoms with Gasteiger partial charge in [0, 0.05) is 22.7 Å². The largest absolute Gasteiger partial charge is 0.486 e. The van der Waals surface area contributed by atoms with Gasteiger partial charge in [-0.05, 0) is 24.6 Å². The first-order chi connectivity index (χ1) is 15.2. The van der Waals surface area contributed by atoms with E-state index in [0.717, 1.165) is 26.4 Å². The number of amides is 1. The van der Waals surface area contributed by atoms with Gasteiger partial charge in [-0.3, -0.25) is 4.79 Å². The van der Waals surface area contributed by atoms with Gasteiger partial charge >= 0.3 is 0 Å². The van der Waals surface area contributed by atoms with Crippen LogP contribution in [0.3, 0.4) is 0 Å². The van der Waals surface area contributed by atoms with E-state index in [1.54, 1.807) is 23.7 Å². The van der Waals surface area contributed by atoms with Crippen molar-refractivity contribution in [1.82, 2.24) is 9.97 Å². The molecule has 0 aliphatic carbocycles. The molecule has 4 aromatic rings. The van der Waals surface area contributed by atoms with Gasteiger partial charge in [-0.15, -0.1) is 11.3 Å². The van der Waals surface area contributed by atoms with Crippen LogP contribution in [0.15, 0.2) is 59.2 Å². The van der Waals surface area contributed by atoms with Crippen molar-refractivity contribution >= 4 is 44.9 Å². The summed E-state index contributed by atoms with van der Waals surface area (Å²) in [5.41, 5.74) is 4.10. The molecule has 8 heteroatoms. The van der Waals surface area contributed by atoms with Gasteiger partial charge in [-0.2, -0.15) is 0 Å². The van der Waals surface area contributed by atoms with Gasteiger partial charge < -0.3 is 14.8 Å². The molecule has 0 unspecified atom stereocenters. The van der Waals surface area contributed by atoms with Crippen molar-refractivity contribution < 1.29 is 14.3 Å². The number of anilines is 1. The highest BCUT2D eigenvalue weighted by Crippen LogP contribution is 2.38. The molecule has 0 saturated heterocycles. The smallest absolute Gasteiger partial charge is 0.234 e. The number of carbonyl (C=O) groups is 1. The summed E-state index contributed by atoms with van der Waals surface area (Å²) in [6.45, 7) is 3.12. The van der Waals surface area contributed by atoms with E-state index in [2.05, 4.69) is 51.9 Å². The van der Waals surface area contributed by atoms with Gasteiger partial charge in [0.1, 0.15) is 29.4 Å². The molecule has 0 radical (unpaired) electrons. The first kappa shape index (κ1) is 19.8. The lowest BCUT2D eigenvalue weighted by Crippen LogP contribution is -2.17. The van der Waals surface area contributed by atoms with Crippen LogP contribution in [-0.2, 0) is 4.79 Å². The first-order valence-electron chi connectivity index (χ1n) is 9.79. The number of thioether (sulfide) groups is 1. The first-order valence-corrected chi connectivity index (χ1v) is 11.7. The Balaban J connectivity index is 1.33. The molecule has 1 aliphatic heterocycles. The number of thiophene rings is 1. The Labute approximate surface area is 187 Å². The van der Waals surface area contributed by atoms with Crippen LogP contribution in [0.5, 0.6) is 11.5 Å². The minimum absolute atomic E-state index is 0.111. The quantitative estimate of drug-likeness (QED) is 0.335. The third-order valence-electron chi connectivity index (χ3n) is 4.86. The lowest BCUT2D eigenvalue weighted by Gasteiger charge is -2.19. The summed E-state index contributed by atoms with van der Waals surface area (Å²) in [5, 5.41) is 6.82. The highest BCUT2D eigenvalue weighted by Gasteiger charge is 2.16. The van der Waals surface area contributed by atoms with Crippen LogP contribution in [0.1, 0.15) is 5.56 Å². The van der Waals surface area contributed by atoms with Crippen molar-refractivity contribution in [2.75, 3.05) is 24.3 Å². The average molecular weight is 450 g/mol. The van der Waals surface area contributed by atoms with E-state index < -0.39 is 0 Å². The number of aromatic nitrogens is 2. The van der Waals surface area contributed by atoms with E-state index in [9.17, 15) is 4.79 Å². The molecular weight excluding hydrogens is 430 g/mol. The fraction of sp³-hybridized carbons (Fsp3) is 0.174. The molecule has 2 aromatic carbocycles. The highest BCUT2D eigenvalue weighted by atomic mass is 32.2. The third kappa shape index (κ3) is 4.22. The van der Waals surface area contributed by atoms with Gasteiger partial charge in [0.05, 0.1) is 11.1 Å². The number of aryl methyl sites for hydroxylation is 1. The van der Waals surface area contributed by atoms with Crippen molar-refractivity contribution in [3.05, 3.63) is 59.7 Å². The minimum atomic E-state index is -0.111. The second-order valence-corrected chi connectivity index (χ2v) is 8.89. The van der Waals surface area contributed by atoms with Crippen molar-refractivity contribution in [2.24, 2.45) is 0 Å². The molecule has 1 amide bonds. The molecule has 0 bridgehead atoms. The van der Waals surface area contributed by atoms with Crippen molar-refractivity contribution in [2.45, 2.75) is 11.9 Å². The van der Waals surface area contributed by atoms with Crippen LogP contribution in [0.4, 0.5) is 5.69 Å². The topological polar surface area (TPSA) is 73.3 Å². The molecule has 2 aromatic heterocycles. The number of carbonyl (C=O) groups excluding carboxylic acids is 1. The molecule has 0 atom stereocenters. The maximum Gasteiger partial charge on any atom is 0.234 e. The van der Waals surface area contributed by atoms with Crippen LogP contribution in [0.25, 0.3) is 21.3 Å². The Hall–Kier alpha value is -3.10. The molecule has 156 valence electrons. The molecule has 5 rings (SSSR count). The summed E-state index contributed by atoms with van der Waals surface area (Å²) in [7, 11) is 0. The van der Waals surface area contributed by atoms with E-state index in [0.29, 0.717) is 30.4 Å². The molecule has 1 N–H and O–H groups in total. The van der Waals surface area contributed by atoms with Crippen molar-refractivity contribution in [1.29, 1.82) is 0 Å². The summed E-state index contributed by atoms with van der Waals surface area (Å²) in [5.74, 6) is 1.47. The number of nitrogens with one attached hydrogen (secondary N) is 1. The second-order valence-electron chi connectivity index (χ2n) is 7.07. The molecule has 0 spiro atoms. The summed E-state index contributed by atoms with van der Waals surface area (Å²) in [6, 6.07) is 13.8. The third-order valence-corrected chi connectivity index (χ3v) is 6.74. The number of benzene rings is 2. The van der Waals surface area contributed by atoms with Crippen molar-refractivity contribution in [3.8, 4) is 22.6 Å². The van der Waals surface area contributed by atoms with Gasteiger partial charge in [0.25, 0.3) is 0 Å².